The Morgan fingerprint density at radius 1 is 1.24 bits per heavy atom. The first-order valence-electron chi connectivity index (χ1n) is 7.40. The summed E-state index contributed by atoms with van der Waals surface area (Å²) in [6.07, 6.45) is 4.19. The van der Waals surface area contributed by atoms with E-state index >= 15 is 0 Å². The third-order valence-electron chi connectivity index (χ3n) is 4.05. The fourth-order valence-corrected chi connectivity index (χ4v) is 2.82. The van der Waals surface area contributed by atoms with Crippen molar-refractivity contribution in [3.05, 3.63) is 41.5 Å². The Kier molecular flexibility index (Phi) is 4.20. The van der Waals surface area contributed by atoms with E-state index in [1.54, 1.807) is 7.11 Å². The van der Waals surface area contributed by atoms with Gasteiger partial charge in [0.2, 0.25) is 5.89 Å². The molecule has 21 heavy (non-hydrogen) atoms. The number of ether oxygens (including phenoxy) is 1. The Morgan fingerprint density at radius 2 is 2.00 bits per heavy atom. The van der Waals surface area contributed by atoms with Gasteiger partial charge in [-0.25, -0.2) is 0 Å². The molecule has 2 atom stereocenters. The quantitative estimate of drug-likeness (QED) is 0.936. The number of rotatable bonds is 4. The van der Waals surface area contributed by atoms with Crippen LogP contribution in [0.5, 0.6) is 5.75 Å². The Bertz CT molecular complexity index is 579. The van der Waals surface area contributed by atoms with Crippen molar-refractivity contribution in [2.45, 2.75) is 44.1 Å². The van der Waals surface area contributed by atoms with Crippen molar-refractivity contribution >= 4 is 0 Å². The lowest BCUT2D eigenvalue weighted by atomic mass is 9.86. The summed E-state index contributed by atoms with van der Waals surface area (Å²) in [6.45, 7) is 0. The van der Waals surface area contributed by atoms with Gasteiger partial charge in [0.05, 0.1) is 19.1 Å². The van der Waals surface area contributed by atoms with E-state index in [0.29, 0.717) is 18.1 Å². The van der Waals surface area contributed by atoms with E-state index in [4.69, 9.17) is 9.26 Å². The molecule has 1 fully saturated rings. The normalized spacial score (nSPS) is 22.2. The molecule has 1 heterocycles. The molecule has 0 radical (unpaired) electrons. The summed E-state index contributed by atoms with van der Waals surface area (Å²) in [6, 6.07) is 7.82. The fourth-order valence-electron chi connectivity index (χ4n) is 2.82. The van der Waals surface area contributed by atoms with Gasteiger partial charge in [-0.3, -0.25) is 0 Å². The molecular formula is C16H20N2O3. The van der Waals surface area contributed by atoms with Gasteiger partial charge in [-0.1, -0.05) is 30.1 Å². The molecule has 5 heteroatoms. The first-order valence-corrected chi connectivity index (χ1v) is 7.40. The van der Waals surface area contributed by atoms with Gasteiger partial charge in [-0.05, 0) is 30.5 Å². The van der Waals surface area contributed by atoms with Crippen LogP contribution >= 0.6 is 0 Å². The number of aliphatic hydroxyl groups is 1. The largest absolute Gasteiger partial charge is 0.497 e. The van der Waals surface area contributed by atoms with E-state index in [-0.39, 0.29) is 12.0 Å². The highest BCUT2D eigenvalue weighted by Crippen LogP contribution is 2.32. The van der Waals surface area contributed by atoms with E-state index in [2.05, 4.69) is 10.1 Å². The highest BCUT2D eigenvalue weighted by Gasteiger charge is 2.29. The predicted octanol–water partition coefficient (Wildman–Crippen LogP) is 2.69. The van der Waals surface area contributed by atoms with Crippen LogP contribution < -0.4 is 4.74 Å². The van der Waals surface area contributed by atoms with Gasteiger partial charge in [0, 0.05) is 6.42 Å². The second kappa shape index (κ2) is 6.26. The van der Waals surface area contributed by atoms with Crippen molar-refractivity contribution in [1.82, 2.24) is 10.1 Å². The molecule has 112 valence electrons. The number of aromatic nitrogens is 2. The summed E-state index contributed by atoms with van der Waals surface area (Å²) in [7, 11) is 1.65. The zero-order chi connectivity index (χ0) is 14.7. The molecule has 1 aromatic heterocycles. The second-order valence-electron chi connectivity index (χ2n) is 5.53. The summed E-state index contributed by atoms with van der Waals surface area (Å²) in [4.78, 5) is 4.45. The minimum absolute atomic E-state index is 0.00383. The van der Waals surface area contributed by atoms with Crippen LogP contribution in [0.25, 0.3) is 0 Å². The van der Waals surface area contributed by atoms with Crippen LogP contribution in [-0.4, -0.2) is 28.5 Å². The summed E-state index contributed by atoms with van der Waals surface area (Å²) in [5.41, 5.74) is 1.10. The minimum Gasteiger partial charge on any atom is -0.497 e. The van der Waals surface area contributed by atoms with Crippen molar-refractivity contribution in [2.24, 2.45) is 0 Å². The lowest BCUT2D eigenvalue weighted by molar-refractivity contribution is 0.0908. The molecule has 1 aliphatic carbocycles. The first kappa shape index (κ1) is 14.1. The van der Waals surface area contributed by atoms with Gasteiger partial charge >= 0.3 is 0 Å². The van der Waals surface area contributed by atoms with Crippen molar-refractivity contribution < 1.29 is 14.4 Å². The van der Waals surface area contributed by atoms with E-state index < -0.39 is 0 Å². The minimum atomic E-state index is -0.354. The Labute approximate surface area is 123 Å². The zero-order valence-corrected chi connectivity index (χ0v) is 12.2. The smallest absolute Gasteiger partial charge is 0.232 e. The molecule has 1 N–H and O–H groups in total. The third kappa shape index (κ3) is 3.24. The van der Waals surface area contributed by atoms with Crippen LogP contribution in [0.4, 0.5) is 0 Å². The van der Waals surface area contributed by atoms with Gasteiger partial charge in [0.1, 0.15) is 5.75 Å². The maximum absolute atomic E-state index is 10.0. The zero-order valence-electron chi connectivity index (χ0n) is 12.2. The molecule has 0 saturated heterocycles. The van der Waals surface area contributed by atoms with E-state index in [1.807, 2.05) is 24.3 Å². The molecule has 3 rings (SSSR count). The van der Waals surface area contributed by atoms with Crippen LogP contribution in [0, 0.1) is 0 Å². The maximum Gasteiger partial charge on any atom is 0.232 e. The van der Waals surface area contributed by atoms with Gasteiger partial charge < -0.3 is 14.4 Å². The van der Waals surface area contributed by atoms with E-state index in [0.717, 1.165) is 37.0 Å². The van der Waals surface area contributed by atoms with Crippen LogP contribution in [-0.2, 0) is 6.42 Å². The highest BCUT2D eigenvalue weighted by atomic mass is 16.5. The molecule has 1 saturated carbocycles. The fraction of sp³-hybridized carbons (Fsp3) is 0.500. The van der Waals surface area contributed by atoms with Gasteiger partial charge in [-0.15, -0.1) is 0 Å². The molecule has 1 aromatic carbocycles. The average molecular weight is 288 g/mol. The number of nitrogens with zero attached hydrogens (tertiary/aromatic N) is 2. The molecule has 2 unspecified atom stereocenters. The van der Waals surface area contributed by atoms with Crippen LogP contribution in [0.3, 0.4) is 0 Å². The van der Waals surface area contributed by atoms with Crippen LogP contribution in [0.1, 0.15) is 48.9 Å². The van der Waals surface area contributed by atoms with Crippen molar-refractivity contribution in [2.75, 3.05) is 7.11 Å². The van der Waals surface area contributed by atoms with Crippen LogP contribution in [0.15, 0.2) is 28.8 Å². The van der Waals surface area contributed by atoms with E-state index in [9.17, 15) is 5.11 Å². The highest BCUT2D eigenvalue weighted by molar-refractivity contribution is 5.28. The Morgan fingerprint density at radius 3 is 2.71 bits per heavy atom. The number of hydrogen-bond acceptors (Lipinski definition) is 5. The standard InChI is InChI=1S/C16H20N2O3/c1-20-12-8-6-11(7-9-12)10-15-17-16(21-18-15)13-4-2-3-5-14(13)19/h6-9,13-14,19H,2-5,10H2,1H3. The Hall–Kier alpha value is -1.88. The lowest BCUT2D eigenvalue weighted by Crippen LogP contribution is -2.22. The van der Waals surface area contributed by atoms with Gasteiger partial charge in [-0.2, -0.15) is 4.98 Å². The Balaban J connectivity index is 1.69. The molecular weight excluding hydrogens is 268 g/mol. The number of aliphatic hydroxyl groups excluding tert-OH is 1. The molecule has 2 aromatic rings. The van der Waals surface area contributed by atoms with Crippen molar-refractivity contribution in [1.29, 1.82) is 0 Å². The third-order valence-corrected chi connectivity index (χ3v) is 4.05. The first-order chi connectivity index (χ1) is 10.3. The maximum atomic E-state index is 10.0. The van der Waals surface area contributed by atoms with Crippen molar-refractivity contribution in [3.8, 4) is 5.75 Å². The SMILES string of the molecule is COc1ccc(Cc2noc(C3CCCCC3O)n2)cc1. The number of benzene rings is 1. The molecule has 0 amide bonds. The van der Waals surface area contributed by atoms with Gasteiger partial charge in [0.25, 0.3) is 0 Å². The monoisotopic (exact) mass is 288 g/mol. The summed E-state index contributed by atoms with van der Waals surface area (Å²) < 4.78 is 10.5. The summed E-state index contributed by atoms with van der Waals surface area (Å²) in [5.74, 6) is 2.06. The lowest BCUT2D eigenvalue weighted by Gasteiger charge is -2.24. The van der Waals surface area contributed by atoms with Crippen LogP contribution in [0.2, 0.25) is 0 Å². The molecule has 1 aliphatic rings. The van der Waals surface area contributed by atoms with E-state index in [1.165, 1.54) is 0 Å². The number of hydrogen-bond donors (Lipinski definition) is 1. The summed E-state index contributed by atoms with van der Waals surface area (Å²) >= 11 is 0. The topological polar surface area (TPSA) is 68.4 Å². The molecule has 5 nitrogen and oxygen atoms in total. The second-order valence-corrected chi connectivity index (χ2v) is 5.53. The summed E-state index contributed by atoms with van der Waals surface area (Å²) in [5, 5.41) is 14.1. The molecule has 0 aliphatic heterocycles. The molecule has 0 spiro atoms. The van der Waals surface area contributed by atoms with Gasteiger partial charge in [0.15, 0.2) is 5.82 Å². The number of methoxy groups -OCH3 is 1. The molecule has 0 bridgehead atoms. The predicted molar refractivity (Wildman–Crippen MR) is 77.3 cm³/mol. The van der Waals surface area contributed by atoms with Crippen molar-refractivity contribution in [3.63, 3.8) is 0 Å². The average Bonchev–Trinajstić information content (AvgIpc) is 2.97.